The average molecular weight is 311 g/mol. The summed E-state index contributed by atoms with van der Waals surface area (Å²) in [7, 11) is 1.38. The zero-order valence-electron chi connectivity index (χ0n) is 14.3. The van der Waals surface area contributed by atoms with E-state index in [1.54, 1.807) is 4.90 Å². The van der Waals surface area contributed by atoms with Crippen molar-refractivity contribution >= 4 is 12.1 Å². The van der Waals surface area contributed by atoms with Crippen molar-refractivity contribution in [1.29, 1.82) is 0 Å². The Kier molecular flexibility index (Phi) is 5.35. The van der Waals surface area contributed by atoms with Gasteiger partial charge in [-0.1, -0.05) is 32.1 Å². The molecule has 2 atom stereocenters. The van der Waals surface area contributed by atoms with E-state index in [-0.39, 0.29) is 5.97 Å². The van der Waals surface area contributed by atoms with Crippen molar-refractivity contribution in [3.8, 4) is 0 Å². The summed E-state index contributed by atoms with van der Waals surface area (Å²) in [6, 6.07) is -0.494. The van der Waals surface area contributed by atoms with Crippen LogP contribution in [0.3, 0.4) is 0 Å². The SMILES string of the molecule is COC(=O)[C@@H]1C[C@H](C2CCCCC2)CN1C(=O)OC(C)(C)C. The van der Waals surface area contributed by atoms with Gasteiger partial charge in [0, 0.05) is 6.54 Å². The van der Waals surface area contributed by atoms with Gasteiger partial charge in [-0.15, -0.1) is 0 Å². The monoisotopic (exact) mass is 311 g/mol. The van der Waals surface area contributed by atoms with Crippen molar-refractivity contribution < 1.29 is 19.1 Å². The summed E-state index contributed by atoms with van der Waals surface area (Å²) in [5, 5.41) is 0. The van der Waals surface area contributed by atoms with Crippen LogP contribution in [0.1, 0.15) is 59.3 Å². The van der Waals surface area contributed by atoms with Gasteiger partial charge in [-0.3, -0.25) is 4.90 Å². The van der Waals surface area contributed by atoms with Crippen LogP contribution >= 0.6 is 0 Å². The first kappa shape index (κ1) is 17.1. The summed E-state index contributed by atoms with van der Waals surface area (Å²) < 4.78 is 10.4. The highest BCUT2D eigenvalue weighted by atomic mass is 16.6. The second kappa shape index (κ2) is 6.88. The topological polar surface area (TPSA) is 55.8 Å². The molecule has 2 fully saturated rings. The smallest absolute Gasteiger partial charge is 0.411 e. The Morgan fingerprint density at radius 2 is 1.68 bits per heavy atom. The first-order chi connectivity index (χ1) is 10.3. The van der Waals surface area contributed by atoms with E-state index in [2.05, 4.69) is 0 Å². The lowest BCUT2D eigenvalue weighted by molar-refractivity contribution is -0.145. The fourth-order valence-electron chi connectivity index (χ4n) is 3.70. The van der Waals surface area contributed by atoms with Gasteiger partial charge in [0.15, 0.2) is 0 Å². The molecule has 0 aromatic rings. The van der Waals surface area contributed by atoms with Gasteiger partial charge in [0.05, 0.1) is 7.11 Å². The van der Waals surface area contributed by atoms with E-state index < -0.39 is 17.7 Å². The molecule has 1 heterocycles. The average Bonchev–Trinajstić information content (AvgIpc) is 2.91. The summed E-state index contributed by atoms with van der Waals surface area (Å²) in [5.74, 6) is 0.675. The van der Waals surface area contributed by atoms with E-state index in [1.807, 2.05) is 20.8 Å². The molecule has 0 radical (unpaired) electrons. The zero-order chi connectivity index (χ0) is 16.3. The van der Waals surface area contributed by atoms with Gasteiger partial charge >= 0.3 is 12.1 Å². The van der Waals surface area contributed by atoms with E-state index >= 15 is 0 Å². The lowest BCUT2D eigenvalue weighted by Crippen LogP contribution is -2.43. The van der Waals surface area contributed by atoms with Gasteiger partial charge in [0.2, 0.25) is 0 Å². The summed E-state index contributed by atoms with van der Waals surface area (Å²) in [5.41, 5.74) is -0.555. The first-order valence-electron chi connectivity index (χ1n) is 8.39. The van der Waals surface area contributed by atoms with E-state index in [0.29, 0.717) is 24.8 Å². The fourth-order valence-corrected chi connectivity index (χ4v) is 3.70. The third-order valence-electron chi connectivity index (χ3n) is 4.75. The molecule has 5 nitrogen and oxygen atoms in total. The van der Waals surface area contributed by atoms with Crippen LogP contribution in [0.25, 0.3) is 0 Å². The van der Waals surface area contributed by atoms with Crippen molar-refractivity contribution in [2.75, 3.05) is 13.7 Å². The third-order valence-corrected chi connectivity index (χ3v) is 4.75. The number of hydrogen-bond acceptors (Lipinski definition) is 4. The van der Waals surface area contributed by atoms with Crippen LogP contribution in [-0.4, -0.2) is 42.3 Å². The molecule has 126 valence electrons. The molecule has 0 bridgehead atoms. The van der Waals surface area contributed by atoms with Crippen LogP contribution in [-0.2, 0) is 14.3 Å². The maximum atomic E-state index is 12.4. The molecular weight excluding hydrogens is 282 g/mol. The largest absolute Gasteiger partial charge is 0.467 e. The van der Waals surface area contributed by atoms with Gasteiger partial charge in [0.1, 0.15) is 11.6 Å². The number of ether oxygens (including phenoxy) is 2. The Bertz CT molecular complexity index is 409. The molecule has 1 amide bonds. The van der Waals surface area contributed by atoms with Crippen LogP contribution in [0.5, 0.6) is 0 Å². The molecular formula is C17H29NO4. The van der Waals surface area contributed by atoms with E-state index in [4.69, 9.17) is 9.47 Å². The van der Waals surface area contributed by atoms with Crippen molar-refractivity contribution in [3.05, 3.63) is 0 Å². The zero-order valence-corrected chi connectivity index (χ0v) is 14.3. The van der Waals surface area contributed by atoms with E-state index in [1.165, 1.54) is 39.2 Å². The van der Waals surface area contributed by atoms with Crippen LogP contribution in [0.15, 0.2) is 0 Å². The van der Waals surface area contributed by atoms with Gasteiger partial charge < -0.3 is 9.47 Å². The molecule has 0 aromatic heterocycles. The molecule has 22 heavy (non-hydrogen) atoms. The second-order valence-corrected chi connectivity index (χ2v) is 7.57. The van der Waals surface area contributed by atoms with Crippen molar-refractivity contribution in [1.82, 2.24) is 4.90 Å². The third kappa shape index (κ3) is 4.14. The van der Waals surface area contributed by atoms with Crippen LogP contribution in [0.2, 0.25) is 0 Å². The first-order valence-corrected chi connectivity index (χ1v) is 8.39. The molecule has 0 N–H and O–H groups in total. The number of rotatable bonds is 2. The van der Waals surface area contributed by atoms with Crippen molar-refractivity contribution in [2.24, 2.45) is 11.8 Å². The number of carbonyl (C=O) groups is 2. The number of amides is 1. The molecule has 0 spiro atoms. The lowest BCUT2D eigenvalue weighted by atomic mass is 9.79. The van der Waals surface area contributed by atoms with Gasteiger partial charge in [-0.05, 0) is 39.0 Å². The Hall–Kier alpha value is -1.26. The quantitative estimate of drug-likeness (QED) is 0.734. The molecule has 0 unspecified atom stereocenters. The summed E-state index contributed by atoms with van der Waals surface area (Å²) in [4.78, 5) is 26.0. The number of esters is 1. The minimum Gasteiger partial charge on any atom is -0.467 e. The van der Waals surface area contributed by atoms with Gasteiger partial charge in [0.25, 0.3) is 0 Å². The number of likely N-dealkylation sites (tertiary alicyclic amines) is 1. The van der Waals surface area contributed by atoms with Crippen molar-refractivity contribution in [3.63, 3.8) is 0 Å². The number of nitrogens with zero attached hydrogens (tertiary/aromatic N) is 1. The summed E-state index contributed by atoms with van der Waals surface area (Å²) in [6.07, 6.45) is 6.55. The Morgan fingerprint density at radius 3 is 2.23 bits per heavy atom. The summed E-state index contributed by atoms with van der Waals surface area (Å²) >= 11 is 0. The van der Waals surface area contributed by atoms with E-state index in [9.17, 15) is 9.59 Å². The molecule has 5 heteroatoms. The Balaban J connectivity index is 2.07. The second-order valence-electron chi connectivity index (χ2n) is 7.57. The Labute approximate surface area is 133 Å². The fraction of sp³-hybridized carbons (Fsp3) is 0.882. The Morgan fingerprint density at radius 1 is 1.05 bits per heavy atom. The minimum absolute atomic E-state index is 0.329. The highest BCUT2D eigenvalue weighted by Crippen LogP contribution is 2.38. The maximum Gasteiger partial charge on any atom is 0.411 e. The minimum atomic E-state index is -0.555. The van der Waals surface area contributed by atoms with Gasteiger partial charge in [-0.2, -0.15) is 0 Å². The van der Waals surface area contributed by atoms with Gasteiger partial charge in [-0.25, -0.2) is 9.59 Å². The molecule has 1 aliphatic heterocycles. The highest BCUT2D eigenvalue weighted by molar-refractivity contribution is 5.82. The van der Waals surface area contributed by atoms with Crippen molar-refractivity contribution in [2.45, 2.75) is 70.9 Å². The predicted octanol–water partition coefficient (Wildman–Crippen LogP) is 3.37. The number of carbonyl (C=O) groups excluding carboxylic acids is 2. The molecule has 0 aromatic carbocycles. The molecule has 1 aliphatic carbocycles. The molecule has 1 saturated heterocycles. The summed E-state index contributed by atoms with van der Waals surface area (Å²) in [6.45, 7) is 6.13. The number of methoxy groups -OCH3 is 1. The van der Waals surface area contributed by atoms with E-state index in [0.717, 1.165) is 0 Å². The van der Waals surface area contributed by atoms with Crippen LogP contribution in [0, 0.1) is 11.8 Å². The normalized spacial score (nSPS) is 26.8. The highest BCUT2D eigenvalue weighted by Gasteiger charge is 2.44. The molecule has 2 rings (SSSR count). The molecule has 1 saturated carbocycles. The lowest BCUT2D eigenvalue weighted by Gasteiger charge is -2.28. The standard InChI is InChI=1S/C17H29NO4/c1-17(2,3)22-16(20)18-11-13(10-14(18)15(19)21-4)12-8-6-5-7-9-12/h12-14H,5-11H2,1-4H3/t13-,14-/m0/s1. The predicted molar refractivity (Wildman–Crippen MR) is 83.4 cm³/mol. The van der Waals surface area contributed by atoms with Crippen LogP contribution < -0.4 is 0 Å². The molecule has 2 aliphatic rings. The van der Waals surface area contributed by atoms with Crippen LogP contribution in [0.4, 0.5) is 4.79 Å². The number of hydrogen-bond donors (Lipinski definition) is 0. The maximum absolute atomic E-state index is 12.4.